The van der Waals surface area contributed by atoms with Crippen LogP contribution in [0.1, 0.15) is 45.9 Å². The van der Waals surface area contributed by atoms with Crippen LogP contribution in [0.2, 0.25) is 0 Å². The monoisotopic (exact) mass is 322 g/mol. The number of rotatable bonds is 6. The van der Waals surface area contributed by atoms with Gasteiger partial charge in [0.1, 0.15) is 12.2 Å². The second-order valence-electron chi connectivity index (χ2n) is 6.17. The van der Waals surface area contributed by atoms with Gasteiger partial charge in [-0.2, -0.15) is 0 Å². The summed E-state index contributed by atoms with van der Waals surface area (Å²) in [6.07, 6.45) is 5.17. The maximum Gasteiger partial charge on any atom is 0.194 e. The van der Waals surface area contributed by atoms with Gasteiger partial charge in [-0.25, -0.2) is 0 Å². The Balaban J connectivity index is 1.97. The van der Waals surface area contributed by atoms with E-state index < -0.39 is 0 Å². The van der Waals surface area contributed by atoms with Crippen molar-refractivity contribution in [3.05, 3.63) is 12.2 Å². The van der Waals surface area contributed by atoms with Crippen molar-refractivity contribution in [3.63, 3.8) is 0 Å². The van der Waals surface area contributed by atoms with Crippen LogP contribution in [0.3, 0.4) is 0 Å². The number of hydrogen-bond donors (Lipinski definition) is 2. The molecule has 7 heteroatoms. The number of hydrogen-bond acceptors (Lipinski definition) is 4. The summed E-state index contributed by atoms with van der Waals surface area (Å²) in [4.78, 5) is 7.04. The first-order valence-corrected chi connectivity index (χ1v) is 8.74. The number of likely N-dealkylation sites (tertiary alicyclic amines) is 1. The van der Waals surface area contributed by atoms with Crippen LogP contribution in [0.15, 0.2) is 11.3 Å². The second kappa shape index (κ2) is 8.86. The number of nitrogens with one attached hydrogen (secondary N) is 1. The predicted octanol–water partition coefficient (Wildman–Crippen LogP) is 1.04. The molecule has 1 atom stereocenters. The van der Waals surface area contributed by atoms with Crippen LogP contribution in [-0.4, -0.2) is 62.5 Å². The summed E-state index contributed by atoms with van der Waals surface area (Å²) in [5, 5.41) is 21.3. The van der Waals surface area contributed by atoms with E-state index in [0.717, 1.165) is 57.1 Å². The van der Waals surface area contributed by atoms with E-state index in [1.54, 1.807) is 6.33 Å². The summed E-state index contributed by atoms with van der Waals surface area (Å²) in [5.74, 6) is 1.95. The number of aliphatic imine (C=N–C) groups is 1. The van der Waals surface area contributed by atoms with Crippen molar-refractivity contribution >= 4 is 5.96 Å². The zero-order valence-electron chi connectivity index (χ0n) is 14.6. The minimum Gasteiger partial charge on any atom is -0.393 e. The maximum atomic E-state index is 9.69. The molecule has 2 N–H and O–H groups in total. The quantitative estimate of drug-likeness (QED) is 0.604. The molecule has 1 aromatic rings. The van der Waals surface area contributed by atoms with Crippen LogP contribution < -0.4 is 5.32 Å². The van der Waals surface area contributed by atoms with Crippen molar-refractivity contribution in [3.8, 4) is 0 Å². The number of piperidine rings is 1. The van der Waals surface area contributed by atoms with E-state index in [1.165, 1.54) is 0 Å². The molecule has 0 amide bonds. The van der Waals surface area contributed by atoms with E-state index in [1.807, 2.05) is 0 Å². The minimum atomic E-state index is -0.166. The average molecular weight is 322 g/mol. The third kappa shape index (κ3) is 5.20. The van der Waals surface area contributed by atoms with Gasteiger partial charge in [0.2, 0.25) is 0 Å². The fourth-order valence-corrected chi connectivity index (χ4v) is 2.64. The average Bonchev–Trinajstić information content (AvgIpc) is 3.02. The summed E-state index contributed by atoms with van der Waals surface area (Å²) in [7, 11) is 0. The molecule has 0 saturated carbocycles. The molecular weight excluding hydrogens is 292 g/mol. The molecule has 2 rings (SSSR count). The Morgan fingerprint density at radius 3 is 2.83 bits per heavy atom. The highest BCUT2D eigenvalue weighted by Crippen LogP contribution is 2.10. The molecule has 0 radical (unpaired) electrons. The fraction of sp³-hybridized carbons (Fsp3) is 0.812. The van der Waals surface area contributed by atoms with Gasteiger partial charge in [0.05, 0.1) is 12.6 Å². The van der Waals surface area contributed by atoms with Crippen LogP contribution in [0, 0.1) is 0 Å². The lowest BCUT2D eigenvalue weighted by Gasteiger charge is -2.33. The van der Waals surface area contributed by atoms with Crippen molar-refractivity contribution in [2.75, 3.05) is 19.6 Å². The molecule has 130 valence electrons. The molecule has 0 spiro atoms. The fourth-order valence-electron chi connectivity index (χ4n) is 2.64. The second-order valence-corrected chi connectivity index (χ2v) is 6.17. The van der Waals surface area contributed by atoms with E-state index in [-0.39, 0.29) is 6.10 Å². The zero-order chi connectivity index (χ0) is 16.7. The maximum absolute atomic E-state index is 9.69. The number of aliphatic hydroxyl groups excluding tert-OH is 1. The molecule has 1 saturated heterocycles. The van der Waals surface area contributed by atoms with Gasteiger partial charge < -0.3 is 19.9 Å². The van der Waals surface area contributed by atoms with E-state index in [0.29, 0.717) is 12.6 Å². The Bertz CT molecular complexity index is 493. The Morgan fingerprint density at radius 1 is 1.43 bits per heavy atom. The van der Waals surface area contributed by atoms with Crippen LogP contribution in [0.25, 0.3) is 0 Å². The lowest BCUT2D eigenvalue weighted by atomic mass is 10.1. The van der Waals surface area contributed by atoms with Crippen molar-refractivity contribution in [1.29, 1.82) is 0 Å². The number of aromatic nitrogens is 3. The molecule has 1 aliphatic rings. The summed E-state index contributed by atoms with van der Waals surface area (Å²) in [5.41, 5.74) is 0. The Labute approximate surface area is 138 Å². The van der Waals surface area contributed by atoms with E-state index in [4.69, 9.17) is 4.99 Å². The summed E-state index contributed by atoms with van der Waals surface area (Å²) < 4.78 is 2.06. The molecule has 0 aromatic carbocycles. The molecule has 0 bridgehead atoms. The summed E-state index contributed by atoms with van der Waals surface area (Å²) in [6.45, 7) is 9.62. The van der Waals surface area contributed by atoms with Gasteiger partial charge >= 0.3 is 0 Å². The lowest BCUT2D eigenvalue weighted by molar-refractivity contribution is 0.107. The SMILES string of the molecule is CCc1nncn1CCN=C(NC(C)CC)N1CCC(O)CC1. The Kier molecular flexibility index (Phi) is 6.83. The highest BCUT2D eigenvalue weighted by atomic mass is 16.3. The molecule has 2 heterocycles. The van der Waals surface area contributed by atoms with E-state index >= 15 is 0 Å². The predicted molar refractivity (Wildman–Crippen MR) is 91.4 cm³/mol. The molecule has 1 unspecified atom stereocenters. The molecule has 0 aliphatic carbocycles. The lowest BCUT2D eigenvalue weighted by Crippen LogP contribution is -2.49. The van der Waals surface area contributed by atoms with Gasteiger partial charge in [-0.05, 0) is 26.2 Å². The minimum absolute atomic E-state index is 0.166. The number of aryl methyl sites for hydroxylation is 1. The topological polar surface area (TPSA) is 78.6 Å². The van der Waals surface area contributed by atoms with Gasteiger partial charge in [0, 0.05) is 32.1 Å². The Hall–Kier alpha value is -1.63. The molecule has 7 nitrogen and oxygen atoms in total. The first-order valence-electron chi connectivity index (χ1n) is 8.74. The molecule has 1 aliphatic heterocycles. The van der Waals surface area contributed by atoms with Crippen LogP contribution in [-0.2, 0) is 13.0 Å². The smallest absolute Gasteiger partial charge is 0.194 e. The van der Waals surface area contributed by atoms with Gasteiger partial charge in [0.25, 0.3) is 0 Å². The molecular formula is C16H30N6O. The Morgan fingerprint density at radius 2 is 2.17 bits per heavy atom. The largest absolute Gasteiger partial charge is 0.393 e. The third-order valence-electron chi connectivity index (χ3n) is 4.37. The number of guanidine groups is 1. The van der Waals surface area contributed by atoms with Crippen LogP contribution >= 0.6 is 0 Å². The number of aliphatic hydroxyl groups is 1. The standard InChI is InChI=1S/C16H30N6O/c1-4-13(3)19-16(21-9-6-14(23)7-10-21)17-8-11-22-12-18-20-15(22)5-2/h12-14,23H,4-11H2,1-3H3,(H,17,19). The van der Waals surface area contributed by atoms with Crippen molar-refractivity contribution in [1.82, 2.24) is 25.0 Å². The molecule has 23 heavy (non-hydrogen) atoms. The van der Waals surface area contributed by atoms with E-state index in [2.05, 4.69) is 45.8 Å². The zero-order valence-corrected chi connectivity index (χ0v) is 14.6. The van der Waals surface area contributed by atoms with Crippen LogP contribution in [0.4, 0.5) is 0 Å². The van der Waals surface area contributed by atoms with Gasteiger partial charge in [-0.15, -0.1) is 10.2 Å². The van der Waals surface area contributed by atoms with Crippen molar-refractivity contribution in [2.45, 2.75) is 65.1 Å². The van der Waals surface area contributed by atoms with Crippen molar-refractivity contribution in [2.24, 2.45) is 4.99 Å². The summed E-state index contributed by atoms with van der Waals surface area (Å²) >= 11 is 0. The normalized spacial score (nSPS) is 18.3. The molecule has 1 fully saturated rings. The van der Waals surface area contributed by atoms with Crippen molar-refractivity contribution < 1.29 is 5.11 Å². The third-order valence-corrected chi connectivity index (χ3v) is 4.37. The summed E-state index contributed by atoms with van der Waals surface area (Å²) in [6, 6.07) is 0.390. The number of nitrogens with zero attached hydrogens (tertiary/aromatic N) is 5. The van der Waals surface area contributed by atoms with Gasteiger partial charge in [0.15, 0.2) is 5.96 Å². The first-order chi connectivity index (χ1) is 11.1. The molecule has 1 aromatic heterocycles. The van der Waals surface area contributed by atoms with Gasteiger partial charge in [-0.3, -0.25) is 4.99 Å². The van der Waals surface area contributed by atoms with E-state index in [9.17, 15) is 5.11 Å². The first kappa shape index (κ1) is 17.7. The highest BCUT2D eigenvalue weighted by molar-refractivity contribution is 5.80. The van der Waals surface area contributed by atoms with Gasteiger partial charge in [-0.1, -0.05) is 13.8 Å². The highest BCUT2D eigenvalue weighted by Gasteiger charge is 2.20. The van der Waals surface area contributed by atoms with Crippen LogP contribution in [0.5, 0.6) is 0 Å².